The van der Waals surface area contributed by atoms with Gasteiger partial charge in [0.2, 0.25) is 0 Å². The molecule has 7 rings (SSSR count). The van der Waals surface area contributed by atoms with E-state index in [1.165, 1.54) is 33.4 Å². The number of hydrogen-bond acceptors (Lipinski definition) is 3. The molecule has 0 atom stereocenters. The van der Waals surface area contributed by atoms with Gasteiger partial charge in [-0.2, -0.15) is 0 Å². The van der Waals surface area contributed by atoms with Gasteiger partial charge in [-0.3, -0.25) is 4.89 Å². The first-order valence-corrected chi connectivity index (χ1v) is 18.6. The average molecular weight is 635 g/mol. The molecule has 0 unspecified atom stereocenters. The van der Waals surface area contributed by atoms with Gasteiger partial charge in [-0.25, -0.2) is 4.57 Å². The average Bonchev–Trinajstić information content (AvgIpc) is 3.57. The zero-order valence-corrected chi connectivity index (χ0v) is 29.4. The van der Waals surface area contributed by atoms with Crippen LogP contribution in [0.15, 0.2) is 60.7 Å². The third-order valence-corrected chi connectivity index (χ3v) is 11.6. The fourth-order valence-electron chi connectivity index (χ4n) is 8.72. The van der Waals surface area contributed by atoms with Gasteiger partial charge in [-0.05, 0) is 93.9 Å². The summed E-state index contributed by atoms with van der Waals surface area (Å²) in [6.07, 6.45) is 3.65. The SMILES string of the molecule is CC(C)c1cccc(C(C)C)c1-c1ccc2c3c1OP(=O)(O)Oc1c(-c4c(C(C)C)cccc4C(C)C)ccc4c1C3(CC2)CC4. The van der Waals surface area contributed by atoms with Gasteiger partial charge in [-0.1, -0.05) is 116 Å². The fraction of sp³-hybridized carbons (Fsp3) is 0.415. The van der Waals surface area contributed by atoms with Crippen LogP contribution in [-0.4, -0.2) is 4.89 Å². The topological polar surface area (TPSA) is 55.8 Å². The maximum absolute atomic E-state index is 14.4. The third-order valence-electron chi connectivity index (χ3n) is 10.8. The summed E-state index contributed by atoms with van der Waals surface area (Å²) in [5.74, 6) is 2.14. The lowest BCUT2D eigenvalue weighted by molar-refractivity contribution is 0.281. The zero-order valence-electron chi connectivity index (χ0n) is 28.5. The highest BCUT2D eigenvalue weighted by molar-refractivity contribution is 7.48. The maximum Gasteiger partial charge on any atom is 0.584 e. The Balaban J connectivity index is 1.57. The molecule has 1 N–H and O–H groups in total. The molecule has 5 heteroatoms. The Bertz CT molecular complexity index is 1730. The highest BCUT2D eigenvalue weighted by atomic mass is 31.2. The van der Waals surface area contributed by atoms with Crippen LogP contribution in [0.4, 0.5) is 0 Å². The molecule has 3 aliphatic rings. The first kappa shape index (κ1) is 31.3. The van der Waals surface area contributed by atoms with Crippen molar-refractivity contribution >= 4 is 7.82 Å². The molecule has 4 aromatic rings. The molecule has 0 aromatic heterocycles. The van der Waals surface area contributed by atoms with Crippen LogP contribution in [0.3, 0.4) is 0 Å². The van der Waals surface area contributed by atoms with Crippen molar-refractivity contribution in [2.45, 2.75) is 110 Å². The van der Waals surface area contributed by atoms with Crippen LogP contribution >= 0.6 is 7.82 Å². The van der Waals surface area contributed by atoms with Crippen molar-refractivity contribution < 1.29 is 18.5 Å². The van der Waals surface area contributed by atoms with Crippen LogP contribution in [0, 0.1) is 0 Å². The van der Waals surface area contributed by atoms with Gasteiger partial charge in [0.15, 0.2) is 0 Å². The summed E-state index contributed by atoms with van der Waals surface area (Å²) in [6.45, 7) is 17.7. The Morgan fingerprint density at radius 3 is 1.26 bits per heavy atom. The number of phosphoric acid groups is 1. The molecule has 4 aromatic carbocycles. The molecule has 1 aliphatic heterocycles. The summed E-state index contributed by atoms with van der Waals surface area (Å²) < 4.78 is 27.2. The van der Waals surface area contributed by atoms with Crippen LogP contribution < -0.4 is 9.05 Å². The minimum atomic E-state index is -4.61. The molecule has 1 heterocycles. The van der Waals surface area contributed by atoms with E-state index in [1.54, 1.807) is 0 Å². The van der Waals surface area contributed by atoms with Crippen molar-refractivity contribution in [3.05, 3.63) is 105 Å². The Labute approximate surface area is 274 Å². The second-order valence-electron chi connectivity index (χ2n) is 14.9. The number of phosphoric ester groups is 1. The molecule has 0 fully saturated rings. The highest BCUT2D eigenvalue weighted by Crippen LogP contribution is 2.66. The molecular formula is C41H47O4P. The molecular weight excluding hydrogens is 587 g/mol. The van der Waals surface area contributed by atoms with Crippen molar-refractivity contribution in [3.63, 3.8) is 0 Å². The van der Waals surface area contributed by atoms with Gasteiger partial charge in [0, 0.05) is 27.7 Å². The van der Waals surface area contributed by atoms with E-state index < -0.39 is 7.82 Å². The van der Waals surface area contributed by atoms with Crippen molar-refractivity contribution in [3.8, 4) is 33.8 Å². The van der Waals surface area contributed by atoms with Gasteiger partial charge in [0.05, 0.1) is 0 Å². The second kappa shape index (κ2) is 11.1. The van der Waals surface area contributed by atoms with Crippen molar-refractivity contribution in [1.29, 1.82) is 0 Å². The zero-order chi connectivity index (χ0) is 32.7. The van der Waals surface area contributed by atoms with Crippen LogP contribution in [0.5, 0.6) is 11.5 Å². The van der Waals surface area contributed by atoms with E-state index in [0.29, 0.717) is 11.5 Å². The highest BCUT2D eigenvalue weighted by Gasteiger charge is 2.53. The maximum atomic E-state index is 14.4. The second-order valence-corrected chi connectivity index (χ2v) is 16.2. The molecule has 0 saturated carbocycles. The molecule has 0 amide bonds. The van der Waals surface area contributed by atoms with Crippen molar-refractivity contribution in [2.24, 2.45) is 0 Å². The Morgan fingerprint density at radius 2 is 0.935 bits per heavy atom. The Hall–Kier alpha value is -3.33. The predicted octanol–water partition coefficient (Wildman–Crippen LogP) is 11.6. The van der Waals surface area contributed by atoms with Crippen LogP contribution in [0.25, 0.3) is 22.3 Å². The van der Waals surface area contributed by atoms with Gasteiger partial charge < -0.3 is 9.05 Å². The van der Waals surface area contributed by atoms with Crippen molar-refractivity contribution in [2.75, 3.05) is 0 Å². The van der Waals surface area contributed by atoms with Crippen LogP contribution in [0.1, 0.15) is 136 Å². The summed E-state index contributed by atoms with van der Waals surface area (Å²) in [5, 5.41) is 0. The van der Waals surface area contributed by atoms with E-state index >= 15 is 0 Å². The van der Waals surface area contributed by atoms with Gasteiger partial charge >= 0.3 is 7.82 Å². The molecule has 1 spiro atoms. The van der Waals surface area contributed by atoms with E-state index in [2.05, 4.69) is 116 Å². The lowest BCUT2D eigenvalue weighted by Gasteiger charge is -2.35. The van der Waals surface area contributed by atoms with E-state index in [0.717, 1.165) is 59.1 Å². The smallest absolute Gasteiger partial charge is 0.394 e. The minimum absolute atomic E-state index is 0.270. The Morgan fingerprint density at radius 1 is 0.587 bits per heavy atom. The lowest BCUT2D eigenvalue weighted by atomic mass is 9.73. The van der Waals surface area contributed by atoms with E-state index in [4.69, 9.17) is 9.05 Å². The monoisotopic (exact) mass is 634 g/mol. The first-order chi connectivity index (χ1) is 21.8. The number of hydrogen-bond donors (Lipinski definition) is 1. The summed E-state index contributed by atoms with van der Waals surface area (Å²) in [5.41, 5.74) is 13.2. The fourth-order valence-corrected chi connectivity index (χ4v) is 9.59. The molecule has 0 radical (unpaired) electrons. The first-order valence-electron chi connectivity index (χ1n) is 17.2. The quantitative estimate of drug-likeness (QED) is 0.214. The lowest BCUT2D eigenvalue weighted by Crippen LogP contribution is -2.25. The normalized spacial score (nSPS) is 17.2. The summed E-state index contributed by atoms with van der Waals surface area (Å²) in [4.78, 5) is 11.7. The van der Waals surface area contributed by atoms with Crippen molar-refractivity contribution in [1.82, 2.24) is 0 Å². The Kier molecular flexibility index (Phi) is 7.57. The van der Waals surface area contributed by atoms with Gasteiger partial charge in [0.25, 0.3) is 0 Å². The van der Waals surface area contributed by atoms with E-state index in [-0.39, 0.29) is 29.1 Å². The van der Waals surface area contributed by atoms with Crippen LogP contribution in [0.2, 0.25) is 0 Å². The van der Waals surface area contributed by atoms with E-state index in [1.807, 2.05) is 0 Å². The van der Waals surface area contributed by atoms with E-state index in [9.17, 15) is 9.46 Å². The summed E-state index contributed by atoms with van der Waals surface area (Å²) in [6, 6.07) is 21.8. The minimum Gasteiger partial charge on any atom is -0.394 e. The molecule has 2 aliphatic carbocycles. The predicted molar refractivity (Wildman–Crippen MR) is 189 cm³/mol. The standard InChI is InChI=1S/C41H47O4P/c1-23(2)29-11-9-12-30(24(3)4)35(29)33-17-15-27-19-21-41-22-20-28-16-18-34(36-31(25(5)6)13-10-14-32(36)26(7)8)40(38(28)41)45-46(42,43)44-39(33)37(27)41/h9-18,23-26H,19-22H2,1-8H3,(H,42,43). The molecule has 46 heavy (non-hydrogen) atoms. The molecule has 0 bridgehead atoms. The largest absolute Gasteiger partial charge is 0.584 e. The molecule has 4 nitrogen and oxygen atoms in total. The number of benzene rings is 4. The third kappa shape index (κ3) is 4.70. The number of aryl methyl sites for hydroxylation is 2. The summed E-state index contributed by atoms with van der Waals surface area (Å²) >= 11 is 0. The molecule has 240 valence electrons. The van der Waals surface area contributed by atoms with Gasteiger partial charge in [0.1, 0.15) is 11.5 Å². The van der Waals surface area contributed by atoms with Crippen LogP contribution in [-0.2, 0) is 22.8 Å². The molecule has 0 saturated heterocycles. The van der Waals surface area contributed by atoms with Gasteiger partial charge in [-0.15, -0.1) is 0 Å². The number of rotatable bonds is 6. The summed E-state index contributed by atoms with van der Waals surface area (Å²) in [7, 11) is -4.61.